The normalized spacial score (nSPS) is 10.5. The number of nitrogens with one attached hydrogen (secondary N) is 2. The number of hydrogen-bond acceptors (Lipinski definition) is 2. The molecule has 0 aliphatic heterocycles. The lowest BCUT2D eigenvalue weighted by molar-refractivity contribution is -0.121. The van der Waals surface area contributed by atoms with Crippen LogP contribution in [0.2, 0.25) is 5.02 Å². The average Bonchev–Trinajstić information content (AvgIpc) is 2.74. The van der Waals surface area contributed by atoms with Crippen LogP contribution >= 0.6 is 11.6 Å². The van der Waals surface area contributed by atoms with Crippen molar-refractivity contribution in [3.63, 3.8) is 0 Å². The number of halogens is 2. The number of benzene rings is 2. The minimum absolute atomic E-state index is 0.0325. The largest absolute Gasteiger partial charge is 0.356 e. The molecular weight excluding hydrogens is 405 g/mol. The number of anilines is 2. The van der Waals surface area contributed by atoms with Gasteiger partial charge < -0.3 is 10.6 Å². The van der Waals surface area contributed by atoms with Gasteiger partial charge in [-0.05, 0) is 61.4 Å². The minimum atomic E-state index is -0.368. The first-order valence-corrected chi connectivity index (χ1v) is 10.7. The van der Waals surface area contributed by atoms with Gasteiger partial charge in [0.25, 0.3) is 0 Å². The molecule has 0 unspecified atom stereocenters. The van der Waals surface area contributed by atoms with Gasteiger partial charge in [-0.15, -0.1) is 0 Å². The number of rotatable bonds is 11. The zero-order chi connectivity index (χ0) is 21.8. The van der Waals surface area contributed by atoms with Crippen LogP contribution in [0.3, 0.4) is 0 Å². The van der Waals surface area contributed by atoms with Crippen LogP contribution in [-0.2, 0) is 4.79 Å². The van der Waals surface area contributed by atoms with E-state index in [2.05, 4.69) is 17.6 Å². The first-order valence-electron chi connectivity index (χ1n) is 10.4. The molecule has 0 aromatic heterocycles. The van der Waals surface area contributed by atoms with Crippen LogP contribution in [0.1, 0.15) is 45.4 Å². The molecule has 3 amide bonds. The van der Waals surface area contributed by atoms with Gasteiger partial charge in [0.15, 0.2) is 0 Å². The van der Waals surface area contributed by atoms with Gasteiger partial charge >= 0.3 is 6.03 Å². The van der Waals surface area contributed by atoms with Gasteiger partial charge in [0.1, 0.15) is 5.82 Å². The molecule has 0 aliphatic carbocycles. The van der Waals surface area contributed by atoms with E-state index in [4.69, 9.17) is 11.6 Å². The van der Waals surface area contributed by atoms with Crippen molar-refractivity contribution in [2.45, 2.75) is 45.4 Å². The summed E-state index contributed by atoms with van der Waals surface area (Å²) >= 11 is 5.89. The Hall–Kier alpha value is -2.60. The Morgan fingerprint density at radius 2 is 1.67 bits per heavy atom. The van der Waals surface area contributed by atoms with Crippen LogP contribution in [0, 0.1) is 5.82 Å². The highest BCUT2D eigenvalue weighted by molar-refractivity contribution is 6.30. The summed E-state index contributed by atoms with van der Waals surface area (Å²) in [5.41, 5.74) is 1.19. The van der Waals surface area contributed by atoms with E-state index >= 15 is 0 Å². The highest BCUT2D eigenvalue weighted by Gasteiger charge is 2.16. The van der Waals surface area contributed by atoms with E-state index in [1.54, 1.807) is 36.4 Å². The van der Waals surface area contributed by atoms with E-state index in [0.717, 1.165) is 25.7 Å². The second-order valence-electron chi connectivity index (χ2n) is 7.08. The predicted octanol–water partition coefficient (Wildman–Crippen LogP) is 5.99. The van der Waals surface area contributed by atoms with E-state index in [0.29, 0.717) is 42.3 Å². The Morgan fingerprint density at radius 1 is 0.967 bits per heavy atom. The van der Waals surface area contributed by atoms with Crippen LogP contribution in [0.4, 0.5) is 20.6 Å². The number of unbranched alkanes of at least 4 members (excludes halogenated alkanes) is 3. The summed E-state index contributed by atoms with van der Waals surface area (Å²) in [6.45, 7) is 2.98. The third-order valence-electron chi connectivity index (χ3n) is 4.62. The molecule has 0 radical (unpaired) electrons. The van der Waals surface area contributed by atoms with E-state index < -0.39 is 0 Å². The molecular formula is C23H29ClFN3O2. The monoisotopic (exact) mass is 433 g/mol. The Bertz CT molecular complexity index is 797. The molecule has 162 valence electrons. The van der Waals surface area contributed by atoms with E-state index in [-0.39, 0.29) is 17.8 Å². The molecule has 0 saturated heterocycles. The van der Waals surface area contributed by atoms with Crippen LogP contribution in [0.5, 0.6) is 0 Å². The highest BCUT2D eigenvalue weighted by atomic mass is 35.5. The average molecular weight is 434 g/mol. The third-order valence-corrected chi connectivity index (χ3v) is 4.87. The molecule has 0 saturated carbocycles. The summed E-state index contributed by atoms with van der Waals surface area (Å²) in [6.07, 6.45) is 5.34. The van der Waals surface area contributed by atoms with Crippen molar-refractivity contribution >= 4 is 34.9 Å². The molecule has 2 N–H and O–H groups in total. The van der Waals surface area contributed by atoms with E-state index in [9.17, 15) is 14.0 Å². The number of nitrogens with zero attached hydrogens (tertiary/aromatic N) is 1. The third kappa shape index (κ3) is 8.41. The lowest BCUT2D eigenvalue weighted by atomic mass is 10.1. The van der Waals surface area contributed by atoms with Gasteiger partial charge in [-0.25, -0.2) is 9.18 Å². The molecule has 0 spiro atoms. The Morgan fingerprint density at radius 3 is 2.33 bits per heavy atom. The van der Waals surface area contributed by atoms with E-state index in [1.165, 1.54) is 17.0 Å². The number of carbonyl (C=O) groups excluding carboxylic acids is 2. The SMILES string of the molecule is CCCCCCC(=O)NCCCN(C(=O)Nc1ccc(Cl)cc1)c1ccc(F)cc1. The van der Waals surface area contributed by atoms with Crippen LogP contribution in [0.15, 0.2) is 48.5 Å². The summed E-state index contributed by atoms with van der Waals surface area (Å²) in [4.78, 5) is 26.2. The minimum Gasteiger partial charge on any atom is -0.356 e. The molecule has 7 heteroatoms. The fourth-order valence-electron chi connectivity index (χ4n) is 2.96. The highest BCUT2D eigenvalue weighted by Crippen LogP contribution is 2.19. The van der Waals surface area contributed by atoms with Gasteiger partial charge in [0.2, 0.25) is 5.91 Å². The Labute approximate surface area is 182 Å². The predicted molar refractivity (Wildman–Crippen MR) is 121 cm³/mol. The fourth-order valence-corrected chi connectivity index (χ4v) is 3.08. The summed E-state index contributed by atoms with van der Waals surface area (Å²) in [7, 11) is 0. The Balaban J connectivity index is 1.90. The van der Waals surface area contributed by atoms with Gasteiger partial charge in [0, 0.05) is 35.9 Å². The molecule has 0 heterocycles. The number of amides is 3. The molecule has 0 atom stereocenters. The second-order valence-corrected chi connectivity index (χ2v) is 7.52. The fraction of sp³-hybridized carbons (Fsp3) is 0.391. The van der Waals surface area contributed by atoms with Gasteiger partial charge in [-0.3, -0.25) is 9.69 Å². The molecule has 2 aromatic rings. The molecule has 30 heavy (non-hydrogen) atoms. The van der Waals surface area contributed by atoms with Crippen LogP contribution < -0.4 is 15.5 Å². The maximum absolute atomic E-state index is 13.3. The summed E-state index contributed by atoms with van der Waals surface area (Å²) in [5, 5.41) is 6.30. The maximum atomic E-state index is 13.3. The van der Waals surface area contributed by atoms with E-state index in [1.807, 2.05) is 0 Å². The zero-order valence-corrected chi connectivity index (χ0v) is 18.1. The van der Waals surface area contributed by atoms with Crippen molar-refractivity contribution in [1.82, 2.24) is 5.32 Å². The standard InChI is InChI=1S/C23H29ClFN3O2/c1-2-3-4-5-7-22(29)26-16-6-17-28(21-14-10-19(25)11-15-21)23(30)27-20-12-8-18(24)9-13-20/h8-15H,2-7,16-17H2,1H3,(H,26,29)(H,27,30). The quantitative estimate of drug-likeness (QED) is 0.427. The first kappa shape index (κ1) is 23.7. The van der Waals surface area contributed by atoms with Crippen LogP contribution in [-0.4, -0.2) is 25.0 Å². The molecule has 0 bridgehead atoms. The molecule has 5 nitrogen and oxygen atoms in total. The van der Waals surface area contributed by atoms with Gasteiger partial charge in [-0.2, -0.15) is 0 Å². The molecule has 0 aliphatic rings. The smallest absolute Gasteiger partial charge is 0.326 e. The van der Waals surface area contributed by atoms with Crippen molar-refractivity contribution in [2.75, 3.05) is 23.3 Å². The summed E-state index contributed by atoms with van der Waals surface area (Å²) < 4.78 is 13.3. The van der Waals surface area contributed by atoms with Crippen LogP contribution in [0.25, 0.3) is 0 Å². The lowest BCUT2D eigenvalue weighted by Gasteiger charge is -2.23. The molecule has 0 fully saturated rings. The van der Waals surface area contributed by atoms with Gasteiger partial charge in [0.05, 0.1) is 0 Å². The van der Waals surface area contributed by atoms with Gasteiger partial charge in [-0.1, -0.05) is 37.8 Å². The van der Waals surface area contributed by atoms with Crippen molar-refractivity contribution in [3.05, 3.63) is 59.4 Å². The number of hydrogen-bond donors (Lipinski definition) is 2. The van der Waals surface area contributed by atoms with Crippen molar-refractivity contribution in [3.8, 4) is 0 Å². The second kappa shape index (κ2) is 12.9. The lowest BCUT2D eigenvalue weighted by Crippen LogP contribution is -2.37. The summed E-state index contributed by atoms with van der Waals surface area (Å²) in [5.74, 6) is -0.336. The number of urea groups is 1. The van der Waals surface area contributed by atoms with Crippen molar-refractivity contribution in [1.29, 1.82) is 0 Å². The molecule has 2 rings (SSSR count). The topological polar surface area (TPSA) is 61.4 Å². The maximum Gasteiger partial charge on any atom is 0.326 e. The van der Waals surface area contributed by atoms with Crippen molar-refractivity contribution in [2.24, 2.45) is 0 Å². The Kier molecular flexibility index (Phi) is 10.1. The number of carbonyl (C=O) groups is 2. The van der Waals surface area contributed by atoms with Crippen molar-refractivity contribution < 1.29 is 14.0 Å². The molecule has 2 aromatic carbocycles. The summed E-state index contributed by atoms with van der Waals surface area (Å²) in [6, 6.07) is 12.2. The zero-order valence-electron chi connectivity index (χ0n) is 17.3. The first-order chi connectivity index (χ1) is 14.5.